The first-order valence-corrected chi connectivity index (χ1v) is 12.8. The lowest BCUT2D eigenvalue weighted by Gasteiger charge is -2.52. The highest BCUT2D eigenvalue weighted by atomic mass is 19.1. The fourth-order valence-corrected chi connectivity index (χ4v) is 5.92. The van der Waals surface area contributed by atoms with Crippen LogP contribution in [0.4, 0.5) is 14.7 Å². The van der Waals surface area contributed by atoms with Crippen molar-refractivity contribution in [2.24, 2.45) is 0 Å². The van der Waals surface area contributed by atoms with Crippen molar-refractivity contribution in [1.29, 1.82) is 0 Å². The van der Waals surface area contributed by atoms with Crippen LogP contribution in [0.25, 0.3) is 22.4 Å². The van der Waals surface area contributed by atoms with E-state index in [1.165, 1.54) is 25.4 Å². The zero-order chi connectivity index (χ0) is 25.7. The number of piperidine rings is 2. The van der Waals surface area contributed by atoms with Gasteiger partial charge in [-0.05, 0) is 69.2 Å². The van der Waals surface area contributed by atoms with Crippen LogP contribution in [0.15, 0.2) is 36.7 Å². The van der Waals surface area contributed by atoms with Crippen LogP contribution in [0.3, 0.4) is 0 Å². The quantitative estimate of drug-likeness (QED) is 0.505. The van der Waals surface area contributed by atoms with Crippen LogP contribution in [-0.4, -0.2) is 62.2 Å². The van der Waals surface area contributed by atoms with Crippen molar-refractivity contribution in [2.45, 2.75) is 75.3 Å². The van der Waals surface area contributed by atoms with Gasteiger partial charge in [-0.2, -0.15) is 0 Å². The zero-order valence-electron chi connectivity index (χ0n) is 20.9. The first-order valence-electron chi connectivity index (χ1n) is 12.8. The average Bonchev–Trinajstić information content (AvgIpc) is 3.73. The number of methoxy groups -OCH3 is 1. The Morgan fingerprint density at radius 1 is 1.11 bits per heavy atom. The minimum absolute atomic E-state index is 0.0421. The Kier molecular flexibility index (Phi) is 5.94. The Labute approximate surface area is 214 Å². The van der Waals surface area contributed by atoms with E-state index < -0.39 is 17.5 Å². The van der Waals surface area contributed by atoms with Crippen LogP contribution in [0.1, 0.15) is 45.4 Å². The topological polar surface area (TPSA) is 96.3 Å². The third-order valence-corrected chi connectivity index (χ3v) is 7.94. The molecule has 2 aromatic heterocycles. The van der Waals surface area contributed by atoms with Gasteiger partial charge in [0.2, 0.25) is 11.8 Å². The SMILES string of the molecule is COc1ncc(-c2ccc(-c3cnc(N(C4CC4)[C@@H]4C[C@@H]5CCC[C@](C)(N5)[C@@H]4F)nn3)c(O)c2)cc1F. The lowest BCUT2D eigenvalue weighted by molar-refractivity contribution is 0.0383. The molecule has 6 rings (SSSR count). The second kappa shape index (κ2) is 9.16. The number of pyridine rings is 1. The first-order chi connectivity index (χ1) is 17.9. The van der Waals surface area contributed by atoms with Crippen molar-refractivity contribution in [2.75, 3.05) is 12.0 Å². The molecule has 37 heavy (non-hydrogen) atoms. The summed E-state index contributed by atoms with van der Waals surface area (Å²) in [5, 5.41) is 23.0. The minimum Gasteiger partial charge on any atom is -0.507 e. The highest BCUT2D eigenvalue weighted by molar-refractivity contribution is 5.73. The summed E-state index contributed by atoms with van der Waals surface area (Å²) in [6, 6.07) is 6.49. The lowest BCUT2D eigenvalue weighted by atomic mass is 9.73. The van der Waals surface area contributed by atoms with Crippen LogP contribution in [0.2, 0.25) is 0 Å². The molecule has 1 aliphatic carbocycles. The van der Waals surface area contributed by atoms with E-state index in [1.807, 2.05) is 11.8 Å². The van der Waals surface area contributed by atoms with Crippen molar-refractivity contribution in [3.8, 4) is 34.0 Å². The Morgan fingerprint density at radius 2 is 1.95 bits per heavy atom. The third kappa shape index (κ3) is 4.37. The molecule has 2 bridgehead atoms. The number of ether oxygens (including phenoxy) is 1. The van der Waals surface area contributed by atoms with E-state index in [9.17, 15) is 9.50 Å². The molecule has 8 nitrogen and oxygen atoms in total. The molecule has 0 unspecified atom stereocenters. The molecule has 0 radical (unpaired) electrons. The van der Waals surface area contributed by atoms with Crippen molar-refractivity contribution in [1.82, 2.24) is 25.5 Å². The number of aromatic nitrogens is 4. The van der Waals surface area contributed by atoms with E-state index in [0.29, 0.717) is 34.4 Å². The minimum atomic E-state index is -1.03. The van der Waals surface area contributed by atoms with Crippen molar-refractivity contribution >= 4 is 5.95 Å². The predicted octanol–water partition coefficient (Wildman–Crippen LogP) is 4.43. The zero-order valence-corrected chi connectivity index (χ0v) is 20.9. The predicted molar refractivity (Wildman–Crippen MR) is 135 cm³/mol. The highest BCUT2D eigenvalue weighted by Gasteiger charge is 2.52. The highest BCUT2D eigenvalue weighted by Crippen LogP contribution is 2.42. The molecule has 1 saturated carbocycles. The summed E-state index contributed by atoms with van der Waals surface area (Å²) < 4.78 is 34.8. The fraction of sp³-hybridized carbons (Fsp3) is 0.481. The Morgan fingerprint density at radius 3 is 2.62 bits per heavy atom. The molecule has 3 fully saturated rings. The van der Waals surface area contributed by atoms with Crippen LogP contribution >= 0.6 is 0 Å². The number of fused-ring (bicyclic) bond motifs is 2. The van der Waals surface area contributed by atoms with Crippen LogP contribution in [0, 0.1) is 5.82 Å². The second-order valence-electron chi connectivity index (χ2n) is 10.6. The maximum absolute atomic E-state index is 15.8. The Bertz CT molecular complexity index is 1300. The van der Waals surface area contributed by atoms with Gasteiger partial charge in [-0.15, -0.1) is 10.2 Å². The van der Waals surface area contributed by atoms with Gasteiger partial charge in [0, 0.05) is 34.9 Å². The van der Waals surface area contributed by atoms with E-state index in [2.05, 4.69) is 25.5 Å². The molecule has 2 saturated heterocycles. The standard InChI is InChI=1S/C27H30F2N6O2/c1-27-9-3-4-17(32-27)12-22(24(27)29)35(18-6-7-18)26-31-14-21(33-34-26)19-8-5-15(11-23(19)36)16-10-20(28)25(37-2)30-13-16/h5,8,10-11,13-14,17-18,22,24,32,36H,3-4,6-7,9,12H2,1-2H3/t17-,22+,24+,27-/m0/s1. The van der Waals surface area contributed by atoms with Crippen LogP contribution < -0.4 is 15.0 Å². The van der Waals surface area contributed by atoms with E-state index >= 15 is 4.39 Å². The third-order valence-electron chi connectivity index (χ3n) is 7.94. The molecular formula is C27H30F2N6O2. The molecule has 3 aromatic rings. The lowest BCUT2D eigenvalue weighted by Crippen LogP contribution is -2.69. The number of hydrogen-bond acceptors (Lipinski definition) is 8. The number of aromatic hydroxyl groups is 1. The first kappa shape index (κ1) is 24.0. The number of hydrogen-bond donors (Lipinski definition) is 2. The molecular weight excluding hydrogens is 478 g/mol. The molecule has 4 heterocycles. The maximum Gasteiger partial charge on any atom is 0.250 e. The summed E-state index contributed by atoms with van der Waals surface area (Å²) >= 11 is 0. The molecule has 2 aliphatic heterocycles. The van der Waals surface area contributed by atoms with Crippen molar-refractivity contribution in [3.05, 3.63) is 42.5 Å². The van der Waals surface area contributed by atoms with Crippen molar-refractivity contribution < 1.29 is 18.6 Å². The van der Waals surface area contributed by atoms with Gasteiger partial charge >= 0.3 is 0 Å². The van der Waals surface area contributed by atoms with E-state index in [-0.39, 0.29) is 23.7 Å². The monoisotopic (exact) mass is 508 g/mol. The molecule has 1 aromatic carbocycles. The van der Waals surface area contributed by atoms with Gasteiger partial charge < -0.3 is 20.1 Å². The molecule has 4 atom stereocenters. The summed E-state index contributed by atoms with van der Waals surface area (Å²) in [5.74, 6) is -0.290. The number of anilines is 1. The number of benzene rings is 1. The Hall–Kier alpha value is -3.40. The molecule has 0 amide bonds. The number of nitrogens with one attached hydrogen (secondary N) is 1. The molecule has 3 aliphatic rings. The smallest absolute Gasteiger partial charge is 0.250 e. The molecule has 0 spiro atoms. The van der Waals surface area contributed by atoms with Gasteiger partial charge in [0.1, 0.15) is 17.6 Å². The van der Waals surface area contributed by atoms with Gasteiger partial charge in [-0.25, -0.2) is 18.7 Å². The van der Waals surface area contributed by atoms with E-state index in [4.69, 9.17) is 4.74 Å². The van der Waals surface area contributed by atoms with E-state index in [0.717, 1.165) is 38.5 Å². The number of rotatable bonds is 6. The van der Waals surface area contributed by atoms with Crippen LogP contribution in [-0.2, 0) is 0 Å². The molecule has 2 N–H and O–H groups in total. The number of phenolic OH excluding ortho intramolecular Hbond substituents is 1. The normalized spacial score (nSPS) is 27.1. The van der Waals surface area contributed by atoms with Crippen molar-refractivity contribution in [3.63, 3.8) is 0 Å². The number of phenols is 1. The number of nitrogens with zero attached hydrogens (tertiary/aromatic N) is 5. The van der Waals surface area contributed by atoms with Gasteiger partial charge in [0.25, 0.3) is 0 Å². The summed E-state index contributed by atoms with van der Waals surface area (Å²) in [5.41, 5.74) is 1.41. The molecule has 194 valence electrons. The molecule has 10 heteroatoms. The van der Waals surface area contributed by atoms with Gasteiger partial charge in [0.05, 0.1) is 19.3 Å². The summed E-state index contributed by atoms with van der Waals surface area (Å²) in [7, 11) is 1.35. The van der Waals surface area contributed by atoms with Crippen LogP contribution in [0.5, 0.6) is 11.6 Å². The van der Waals surface area contributed by atoms with E-state index in [1.54, 1.807) is 18.3 Å². The maximum atomic E-state index is 15.8. The number of halogens is 2. The second-order valence-corrected chi connectivity index (χ2v) is 10.6. The summed E-state index contributed by atoms with van der Waals surface area (Å²) in [6.45, 7) is 1.99. The summed E-state index contributed by atoms with van der Waals surface area (Å²) in [4.78, 5) is 10.6. The van der Waals surface area contributed by atoms with Gasteiger partial charge in [-0.1, -0.05) is 6.07 Å². The fourth-order valence-electron chi connectivity index (χ4n) is 5.92. The Balaban J connectivity index is 1.26. The van der Waals surface area contributed by atoms with Gasteiger partial charge in [0.15, 0.2) is 5.82 Å². The number of alkyl halides is 1. The summed E-state index contributed by atoms with van der Waals surface area (Å²) in [6.07, 6.45) is 7.66. The van der Waals surface area contributed by atoms with Gasteiger partial charge in [-0.3, -0.25) is 0 Å². The average molecular weight is 509 g/mol. The largest absolute Gasteiger partial charge is 0.507 e.